The molecule has 0 spiro atoms. The van der Waals surface area contributed by atoms with Crippen LogP contribution in [0.4, 0.5) is 0 Å². The molecular weight excluding hydrogens is 346 g/mol. The molecule has 2 aliphatic heterocycles. The van der Waals surface area contributed by atoms with E-state index in [2.05, 4.69) is 59.7 Å². The molecule has 3 fully saturated rings. The summed E-state index contributed by atoms with van der Waals surface area (Å²) in [5.74, 6) is 0. The topological polar surface area (TPSA) is 19.0 Å². The second-order valence-electron chi connectivity index (χ2n) is 10.3. The first-order chi connectivity index (χ1) is 13.4. The lowest BCUT2D eigenvalue weighted by molar-refractivity contribution is 0.0107. The van der Waals surface area contributed by atoms with E-state index in [-0.39, 0.29) is 0 Å². The van der Waals surface area contributed by atoms with Crippen molar-refractivity contribution in [2.75, 3.05) is 72.1 Å². The molecule has 0 unspecified atom stereocenters. The van der Waals surface area contributed by atoms with Gasteiger partial charge in [-0.25, -0.2) is 0 Å². The van der Waals surface area contributed by atoms with Crippen LogP contribution in [0.25, 0.3) is 0 Å². The average Bonchev–Trinajstić information content (AvgIpc) is 3.45. The standard InChI is InChI=1S/C24H39N3O/c1-21-4-6-22(7-5-21)24(8-9-24)20-26-12-10-25(11-13-26)18-23(2,3)19-27-14-16-28-17-15-27/h4-7H,8-20H2,1-3H3. The van der Waals surface area contributed by atoms with Gasteiger partial charge in [0.15, 0.2) is 0 Å². The summed E-state index contributed by atoms with van der Waals surface area (Å²) >= 11 is 0. The predicted molar refractivity (Wildman–Crippen MR) is 116 cm³/mol. The first-order valence-corrected chi connectivity index (χ1v) is 11.3. The number of nitrogens with zero attached hydrogens (tertiary/aromatic N) is 3. The van der Waals surface area contributed by atoms with E-state index in [1.165, 1.54) is 64.2 Å². The zero-order chi connectivity index (χ0) is 19.6. The van der Waals surface area contributed by atoms with Crippen molar-refractivity contribution >= 4 is 0 Å². The Morgan fingerprint density at radius 2 is 1.36 bits per heavy atom. The van der Waals surface area contributed by atoms with Crippen molar-refractivity contribution < 1.29 is 4.74 Å². The first-order valence-electron chi connectivity index (χ1n) is 11.3. The third kappa shape index (κ3) is 5.15. The molecule has 4 nitrogen and oxygen atoms in total. The molecule has 4 rings (SSSR count). The molecule has 0 N–H and O–H groups in total. The Bertz CT molecular complexity index is 624. The smallest absolute Gasteiger partial charge is 0.0594 e. The van der Waals surface area contributed by atoms with Gasteiger partial charge in [0.1, 0.15) is 0 Å². The third-order valence-electron chi connectivity index (χ3n) is 6.92. The minimum atomic E-state index is 0.346. The van der Waals surface area contributed by atoms with Crippen LogP contribution in [0.3, 0.4) is 0 Å². The van der Waals surface area contributed by atoms with E-state index in [1.54, 1.807) is 5.56 Å². The number of aryl methyl sites for hydroxylation is 1. The van der Waals surface area contributed by atoms with Gasteiger partial charge >= 0.3 is 0 Å². The van der Waals surface area contributed by atoms with Crippen LogP contribution in [0.2, 0.25) is 0 Å². The summed E-state index contributed by atoms with van der Waals surface area (Å²) < 4.78 is 5.50. The van der Waals surface area contributed by atoms with Gasteiger partial charge in [0.25, 0.3) is 0 Å². The number of morpholine rings is 1. The number of rotatable bonds is 7. The van der Waals surface area contributed by atoms with Crippen LogP contribution in [-0.2, 0) is 10.2 Å². The minimum Gasteiger partial charge on any atom is -0.379 e. The zero-order valence-corrected chi connectivity index (χ0v) is 18.3. The van der Waals surface area contributed by atoms with E-state index in [4.69, 9.17) is 4.74 Å². The summed E-state index contributed by atoms with van der Waals surface area (Å²) in [6.07, 6.45) is 2.73. The van der Waals surface area contributed by atoms with E-state index < -0.39 is 0 Å². The Morgan fingerprint density at radius 3 is 1.93 bits per heavy atom. The Balaban J connectivity index is 1.24. The second kappa shape index (κ2) is 8.43. The summed E-state index contributed by atoms with van der Waals surface area (Å²) in [7, 11) is 0. The number of hydrogen-bond donors (Lipinski definition) is 0. The quantitative estimate of drug-likeness (QED) is 0.718. The predicted octanol–water partition coefficient (Wildman–Crippen LogP) is 3.00. The Morgan fingerprint density at radius 1 is 0.821 bits per heavy atom. The molecule has 1 aliphatic carbocycles. The maximum absolute atomic E-state index is 5.50. The zero-order valence-electron chi connectivity index (χ0n) is 18.3. The van der Waals surface area contributed by atoms with Crippen molar-refractivity contribution in [3.05, 3.63) is 35.4 Å². The number of hydrogen-bond acceptors (Lipinski definition) is 4. The molecule has 2 heterocycles. The van der Waals surface area contributed by atoms with Gasteiger partial charge in [0.05, 0.1) is 13.2 Å². The van der Waals surface area contributed by atoms with E-state index in [1.807, 2.05) is 0 Å². The highest BCUT2D eigenvalue weighted by Crippen LogP contribution is 2.48. The van der Waals surface area contributed by atoms with Crippen molar-refractivity contribution in [2.45, 2.75) is 39.0 Å². The lowest BCUT2D eigenvalue weighted by Crippen LogP contribution is -2.52. The highest BCUT2D eigenvalue weighted by Gasteiger charge is 2.45. The van der Waals surface area contributed by atoms with Crippen molar-refractivity contribution in [1.82, 2.24) is 14.7 Å². The monoisotopic (exact) mass is 385 g/mol. The van der Waals surface area contributed by atoms with Crippen molar-refractivity contribution in [2.24, 2.45) is 5.41 Å². The Labute approximate surface area is 171 Å². The Hall–Kier alpha value is -0.940. The molecule has 3 aliphatic rings. The van der Waals surface area contributed by atoms with E-state index in [0.29, 0.717) is 10.8 Å². The van der Waals surface area contributed by atoms with Crippen LogP contribution >= 0.6 is 0 Å². The molecule has 4 heteroatoms. The first kappa shape index (κ1) is 20.3. The number of piperazine rings is 1. The van der Waals surface area contributed by atoms with E-state index in [9.17, 15) is 0 Å². The summed E-state index contributed by atoms with van der Waals surface area (Å²) in [6.45, 7) is 19.6. The van der Waals surface area contributed by atoms with Crippen LogP contribution in [0, 0.1) is 12.3 Å². The molecule has 156 valence electrons. The summed E-state index contributed by atoms with van der Waals surface area (Å²) in [6, 6.07) is 9.30. The summed E-state index contributed by atoms with van der Waals surface area (Å²) in [5, 5.41) is 0. The SMILES string of the molecule is Cc1ccc(C2(CN3CCN(CC(C)(C)CN4CCOCC4)CC3)CC2)cc1. The van der Waals surface area contributed by atoms with Crippen molar-refractivity contribution in [1.29, 1.82) is 0 Å². The lowest BCUT2D eigenvalue weighted by atomic mass is 9.91. The molecule has 2 saturated heterocycles. The normalized spacial score (nSPS) is 24.4. The fourth-order valence-corrected chi connectivity index (χ4v) is 5.15. The van der Waals surface area contributed by atoms with Gasteiger partial charge in [0, 0.05) is 64.3 Å². The molecular formula is C24H39N3O. The lowest BCUT2D eigenvalue weighted by Gasteiger charge is -2.42. The largest absolute Gasteiger partial charge is 0.379 e. The fourth-order valence-electron chi connectivity index (χ4n) is 5.15. The molecule has 1 aromatic carbocycles. The maximum atomic E-state index is 5.50. The molecule has 0 amide bonds. The number of ether oxygens (including phenoxy) is 1. The van der Waals surface area contributed by atoms with Crippen molar-refractivity contribution in [3.8, 4) is 0 Å². The van der Waals surface area contributed by atoms with Crippen LogP contribution in [-0.4, -0.2) is 86.8 Å². The summed E-state index contributed by atoms with van der Waals surface area (Å²) in [4.78, 5) is 8.00. The van der Waals surface area contributed by atoms with Gasteiger partial charge < -0.3 is 9.64 Å². The minimum absolute atomic E-state index is 0.346. The maximum Gasteiger partial charge on any atom is 0.0594 e. The highest BCUT2D eigenvalue weighted by atomic mass is 16.5. The second-order valence-corrected chi connectivity index (χ2v) is 10.3. The molecule has 1 aromatic rings. The van der Waals surface area contributed by atoms with Gasteiger partial charge in [0.2, 0.25) is 0 Å². The molecule has 28 heavy (non-hydrogen) atoms. The van der Waals surface area contributed by atoms with Gasteiger partial charge in [-0.1, -0.05) is 43.7 Å². The number of benzene rings is 1. The van der Waals surface area contributed by atoms with Crippen LogP contribution in [0.5, 0.6) is 0 Å². The molecule has 0 radical (unpaired) electrons. The van der Waals surface area contributed by atoms with Gasteiger partial charge in [-0.3, -0.25) is 9.80 Å². The van der Waals surface area contributed by atoms with Gasteiger partial charge in [-0.05, 0) is 30.7 Å². The van der Waals surface area contributed by atoms with Crippen LogP contribution in [0.15, 0.2) is 24.3 Å². The molecule has 0 aromatic heterocycles. The van der Waals surface area contributed by atoms with Crippen LogP contribution < -0.4 is 0 Å². The molecule has 0 atom stereocenters. The highest BCUT2D eigenvalue weighted by molar-refractivity contribution is 5.34. The van der Waals surface area contributed by atoms with Gasteiger partial charge in [-0.15, -0.1) is 0 Å². The average molecular weight is 386 g/mol. The third-order valence-corrected chi connectivity index (χ3v) is 6.92. The van der Waals surface area contributed by atoms with Gasteiger partial charge in [-0.2, -0.15) is 0 Å². The van der Waals surface area contributed by atoms with E-state index in [0.717, 1.165) is 26.3 Å². The molecule has 1 saturated carbocycles. The van der Waals surface area contributed by atoms with Crippen LogP contribution in [0.1, 0.15) is 37.8 Å². The van der Waals surface area contributed by atoms with E-state index >= 15 is 0 Å². The fraction of sp³-hybridized carbons (Fsp3) is 0.750. The Kier molecular flexibility index (Phi) is 6.12. The molecule has 0 bridgehead atoms. The van der Waals surface area contributed by atoms with Crippen molar-refractivity contribution in [3.63, 3.8) is 0 Å². The summed E-state index contributed by atoms with van der Waals surface area (Å²) in [5.41, 5.74) is 3.73.